The van der Waals surface area contributed by atoms with Crippen LogP contribution in [0.1, 0.15) is 23.3 Å². The van der Waals surface area contributed by atoms with E-state index in [-0.39, 0.29) is 5.91 Å². The largest absolute Gasteiger partial charge is 0.461 e. The normalized spacial score (nSPS) is 10.8. The molecule has 0 saturated heterocycles. The highest BCUT2D eigenvalue weighted by molar-refractivity contribution is 5.76. The monoisotopic (exact) mass is 386 g/mol. The lowest BCUT2D eigenvalue weighted by Crippen LogP contribution is -2.23. The molecule has 0 unspecified atom stereocenters. The highest BCUT2D eigenvalue weighted by Gasteiger charge is 2.09. The average molecular weight is 386 g/mol. The van der Waals surface area contributed by atoms with Crippen LogP contribution in [0, 0.1) is 0 Å². The zero-order valence-corrected chi connectivity index (χ0v) is 16.0. The standard InChI is InChI=1S/C23H22N4O2/c28-23(13-11-21-10-12-22(29-21)18-6-2-1-3-7-18)25-14-19-8-4-5-9-20(19)15-27-17-24-16-26-27/h1-10,12,16-17H,11,13-15H2,(H,25,28). The van der Waals surface area contributed by atoms with Crippen LogP contribution in [-0.2, 0) is 24.3 Å². The molecule has 6 heteroatoms. The molecule has 2 heterocycles. The van der Waals surface area contributed by atoms with Crippen molar-refractivity contribution >= 4 is 5.91 Å². The fourth-order valence-corrected chi connectivity index (χ4v) is 3.16. The SMILES string of the molecule is O=C(CCc1ccc(-c2ccccc2)o1)NCc1ccccc1Cn1cncn1. The van der Waals surface area contributed by atoms with E-state index in [1.54, 1.807) is 11.0 Å². The van der Waals surface area contributed by atoms with Crippen molar-refractivity contribution in [3.8, 4) is 11.3 Å². The minimum absolute atomic E-state index is 0.00165. The summed E-state index contributed by atoms with van der Waals surface area (Å²) in [7, 11) is 0. The summed E-state index contributed by atoms with van der Waals surface area (Å²) < 4.78 is 7.63. The maximum Gasteiger partial charge on any atom is 0.220 e. The summed E-state index contributed by atoms with van der Waals surface area (Å²) in [5.74, 6) is 1.63. The molecule has 0 aliphatic carbocycles. The van der Waals surface area contributed by atoms with Gasteiger partial charge in [-0.3, -0.25) is 4.79 Å². The Morgan fingerprint density at radius 2 is 1.76 bits per heavy atom. The van der Waals surface area contributed by atoms with E-state index in [2.05, 4.69) is 15.4 Å². The van der Waals surface area contributed by atoms with E-state index in [1.165, 1.54) is 6.33 Å². The van der Waals surface area contributed by atoms with Gasteiger partial charge in [-0.2, -0.15) is 5.10 Å². The van der Waals surface area contributed by atoms with Crippen molar-refractivity contribution < 1.29 is 9.21 Å². The number of aromatic nitrogens is 3. The van der Waals surface area contributed by atoms with Gasteiger partial charge in [-0.15, -0.1) is 0 Å². The van der Waals surface area contributed by atoms with E-state index in [0.29, 0.717) is 25.9 Å². The topological polar surface area (TPSA) is 73.0 Å². The maximum atomic E-state index is 12.3. The van der Waals surface area contributed by atoms with Gasteiger partial charge in [0.15, 0.2) is 0 Å². The number of aryl methyl sites for hydroxylation is 1. The van der Waals surface area contributed by atoms with Crippen molar-refractivity contribution in [2.24, 2.45) is 0 Å². The molecule has 2 aromatic carbocycles. The van der Waals surface area contributed by atoms with Crippen LogP contribution in [0.25, 0.3) is 11.3 Å². The Bertz CT molecular complexity index is 1060. The third kappa shape index (κ3) is 4.99. The van der Waals surface area contributed by atoms with Crippen molar-refractivity contribution in [3.05, 3.63) is 96.3 Å². The molecule has 4 rings (SSSR count). The van der Waals surface area contributed by atoms with E-state index in [0.717, 1.165) is 28.2 Å². The second kappa shape index (κ2) is 9.01. The van der Waals surface area contributed by atoms with Gasteiger partial charge >= 0.3 is 0 Å². The number of hydrogen-bond acceptors (Lipinski definition) is 4. The van der Waals surface area contributed by atoms with Crippen LogP contribution < -0.4 is 5.32 Å². The minimum atomic E-state index is -0.00165. The smallest absolute Gasteiger partial charge is 0.220 e. The Hall–Kier alpha value is -3.67. The Labute approximate surface area is 169 Å². The molecular formula is C23H22N4O2. The molecule has 0 bridgehead atoms. The molecule has 2 aromatic heterocycles. The summed E-state index contributed by atoms with van der Waals surface area (Å²) in [6, 6.07) is 21.8. The van der Waals surface area contributed by atoms with Crippen LogP contribution in [0.4, 0.5) is 0 Å². The van der Waals surface area contributed by atoms with E-state index >= 15 is 0 Å². The fraction of sp³-hybridized carbons (Fsp3) is 0.174. The first-order chi connectivity index (χ1) is 14.3. The summed E-state index contributed by atoms with van der Waals surface area (Å²) >= 11 is 0. The Morgan fingerprint density at radius 3 is 2.55 bits per heavy atom. The predicted molar refractivity (Wildman–Crippen MR) is 110 cm³/mol. The van der Waals surface area contributed by atoms with Gasteiger partial charge in [-0.1, -0.05) is 54.6 Å². The van der Waals surface area contributed by atoms with Gasteiger partial charge in [0, 0.05) is 24.9 Å². The number of carbonyl (C=O) groups is 1. The van der Waals surface area contributed by atoms with Crippen LogP contribution in [0.3, 0.4) is 0 Å². The van der Waals surface area contributed by atoms with Crippen molar-refractivity contribution in [2.75, 3.05) is 0 Å². The number of benzene rings is 2. The molecule has 1 N–H and O–H groups in total. The zero-order chi connectivity index (χ0) is 19.9. The van der Waals surface area contributed by atoms with Gasteiger partial charge in [0.05, 0.1) is 6.54 Å². The molecule has 1 amide bonds. The van der Waals surface area contributed by atoms with Crippen LogP contribution >= 0.6 is 0 Å². The summed E-state index contributed by atoms with van der Waals surface area (Å²) in [5.41, 5.74) is 3.21. The quantitative estimate of drug-likeness (QED) is 0.499. The summed E-state index contributed by atoms with van der Waals surface area (Å²) in [5, 5.41) is 7.14. The molecule has 0 fully saturated rings. The number of nitrogens with one attached hydrogen (secondary N) is 1. The molecule has 4 aromatic rings. The number of carbonyl (C=O) groups excluding carboxylic acids is 1. The van der Waals surface area contributed by atoms with Crippen molar-refractivity contribution in [3.63, 3.8) is 0 Å². The van der Waals surface area contributed by atoms with E-state index in [9.17, 15) is 4.79 Å². The third-order valence-corrected chi connectivity index (χ3v) is 4.71. The zero-order valence-electron chi connectivity index (χ0n) is 16.0. The molecule has 146 valence electrons. The van der Waals surface area contributed by atoms with Crippen molar-refractivity contribution in [1.82, 2.24) is 20.1 Å². The molecule has 29 heavy (non-hydrogen) atoms. The molecule has 0 aliphatic heterocycles. The lowest BCUT2D eigenvalue weighted by molar-refractivity contribution is -0.121. The number of furan rings is 1. The second-order valence-corrected chi connectivity index (χ2v) is 6.77. The molecule has 0 aliphatic rings. The highest BCUT2D eigenvalue weighted by atomic mass is 16.3. The second-order valence-electron chi connectivity index (χ2n) is 6.77. The summed E-state index contributed by atoms with van der Waals surface area (Å²) in [6.07, 6.45) is 4.15. The van der Waals surface area contributed by atoms with Crippen LogP contribution in [0.2, 0.25) is 0 Å². The first-order valence-electron chi connectivity index (χ1n) is 9.58. The number of rotatable bonds is 8. The first kappa shape index (κ1) is 18.7. The Kier molecular flexibility index (Phi) is 5.81. The van der Waals surface area contributed by atoms with Crippen molar-refractivity contribution in [2.45, 2.75) is 25.9 Å². The Morgan fingerprint density at radius 1 is 0.966 bits per heavy atom. The molecule has 0 spiro atoms. The van der Waals surface area contributed by atoms with Crippen LogP contribution in [0.15, 0.2) is 83.8 Å². The number of hydrogen-bond donors (Lipinski definition) is 1. The van der Waals surface area contributed by atoms with Gasteiger partial charge in [-0.05, 0) is 23.3 Å². The van der Waals surface area contributed by atoms with Gasteiger partial charge in [0.2, 0.25) is 5.91 Å². The van der Waals surface area contributed by atoms with Crippen molar-refractivity contribution in [1.29, 1.82) is 0 Å². The maximum absolute atomic E-state index is 12.3. The van der Waals surface area contributed by atoms with E-state index in [4.69, 9.17) is 4.42 Å². The van der Waals surface area contributed by atoms with Crippen LogP contribution in [0.5, 0.6) is 0 Å². The lowest BCUT2D eigenvalue weighted by Gasteiger charge is -2.10. The lowest BCUT2D eigenvalue weighted by atomic mass is 10.1. The minimum Gasteiger partial charge on any atom is -0.461 e. The van der Waals surface area contributed by atoms with Gasteiger partial charge in [-0.25, -0.2) is 9.67 Å². The molecule has 0 atom stereocenters. The van der Waals surface area contributed by atoms with E-state index in [1.807, 2.05) is 66.7 Å². The first-order valence-corrected chi connectivity index (χ1v) is 9.58. The molecule has 0 saturated carbocycles. The third-order valence-electron chi connectivity index (χ3n) is 4.71. The molecular weight excluding hydrogens is 364 g/mol. The number of nitrogens with zero attached hydrogens (tertiary/aromatic N) is 3. The molecule has 6 nitrogen and oxygen atoms in total. The van der Waals surface area contributed by atoms with Crippen LogP contribution in [-0.4, -0.2) is 20.7 Å². The predicted octanol–water partition coefficient (Wildman–Crippen LogP) is 3.84. The highest BCUT2D eigenvalue weighted by Crippen LogP contribution is 2.22. The van der Waals surface area contributed by atoms with Gasteiger partial charge in [0.1, 0.15) is 24.2 Å². The summed E-state index contributed by atoms with van der Waals surface area (Å²) in [6.45, 7) is 1.11. The number of amides is 1. The van der Waals surface area contributed by atoms with Gasteiger partial charge < -0.3 is 9.73 Å². The van der Waals surface area contributed by atoms with Gasteiger partial charge in [0.25, 0.3) is 0 Å². The van der Waals surface area contributed by atoms with E-state index < -0.39 is 0 Å². The molecule has 0 radical (unpaired) electrons. The average Bonchev–Trinajstić information content (AvgIpc) is 3.44. The summed E-state index contributed by atoms with van der Waals surface area (Å²) in [4.78, 5) is 16.3. The Balaban J connectivity index is 1.29. The fourth-order valence-electron chi connectivity index (χ4n) is 3.16.